The van der Waals surface area contributed by atoms with Crippen LogP contribution in [0.4, 0.5) is 14.6 Å². The van der Waals surface area contributed by atoms with Gasteiger partial charge < -0.3 is 23.9 Å². The van der Waals surface area contributed by atoms with Crippen molar-refractivity contribution in [3.05, 3.63) is 34.5 Å². The number of aromatic nitrogens is 3. The Morgan fingerprint density at radius 2 is 1.96 bits per heavy atom. The van der Waals surface area contributed by atoms with Crippen LogP contribution in [-0.4, -0.2) is 24.8 Å². The number of hydrogen-bond acceptors (Lipinski definition) is 10. The molecule has 0 radical (unpaired) electrons. The lowest BCUT2D eigenvalue weighted by Crippen LogP contribution is -2.25. The van der Waals surface area contributed by atoms with Crippen LogP contribution in [0.3, 0.4) is 0 Å². The Morgan fingerprint density at radius 1 is 1.22 bits per heavy atom. The topological polar surface area (TPSA) is 145 Å². The number of halogens is 2. The number of benzene rings is 1. The number of nitrogens with two attached hydrogens (primary N) is 1. The van der Waals surface area contributed by atoms with E-state index in [1.54, 1.807) is 0 Å². The molecule has 0 aliphatic carbocycles. The van der Waals surface area contributed by atoms with Crippen LogP contribution in [0.2, 0.25) is 0 Å². The smallest absolute Gasteiger partial charge is 0.395 e. The normalized spacial score (nSPS) is 15.7. The Labute approximate surface area is 150 Å². The molecule has 1 unspecified atom stereocenters. The van der Waals surface area contributed by atoms with Gasteiger partial charge in [-0.2, -0.15) is 4.21 Å². The van der Waals surface area contributed by atoms with Crippen LogP contribution in [0.1, 0.15) is 5.76 Å². The predicted octanol–water partition coefficient (Wildman–Crippen LogP) is 1.21. The summed E-state index contributed by atoms with van der Waals surface area (Å²) in [5, 5.41) is 6.91. The Hall–Kier alpha value is -3.42. The molecule has 1 aliphatic heterocycles. The van der Waals surface area contributed by atoms with Crippen molar-refractivity contribution in [1.82, 2.24) is 14.3 Å². The first-order chi connectivity index (χ1) is 12.7. The minimum Gasteiger partial charge on any atom is -0.395 e. The number of fused-ring (bicyclic) bond motifs is 1. The third kappa shape index (κ3) is 2.88. The largest absolute Gasteiger partial charge is 0.586 e. The first-order valence-electron chi connectivity index (χ1n) is 7.06. The molecule has 0 fully saturated rings. The number of anilines is 1. The maximum Gasteiger partial charge on any atom is 0.586 e. The number of nitrogen functional groups attached to an aromatic ring is 1. The molecule has 142 valence electrons. The third-order valence-corrected chi connectivity index (χ3v) is 4.29. The molecule has 4 rings (SSSR count). The highest BCUT2D eigenvalue weighted by Gasteiger charge is 2.43. The zero-order valence-corrected chi connectivity index (χ0v) is 14.0. The Bertz CT molecular complexity index is 1100. The monoisotopic (exact) mass is 402 g/mol. The fraction of sp³-hybridized carbons (Fsp3) is 0.154. The first kappa shape index (κ1) is 17.0. The van der Waals surface area contributed by atoms with Gasteiger partial charge in [-0.25, -0.2) is 4.79 Å². The maximum absolute atomic E-state index is 13.1. The zero-order valence-electron chi connectivity index (χ0n) is 13.2. The molecule has 27 heavy (non-hydrogen) atoms. The summed E-state index contributed by atoms with van der Waals surface area (Å²) in [4.78, 5) is 11.9. The van der Waals surface area contributed by atoms with E-state index in [-0.39, 0.29) is 40.2 Å². The van der Waals surface area contributed by atoms with Gasteiger partial charge in [0.1, 0.15) is 0 Å². The number of aryl methyl sites for hydroxylation is 1. The van der Waals surface area contributed by atoms with E-state index in [4.69, 9.17) is 14.4 Å². The van der Waals surface area contributed by atoms with E-state index in [1.807, 2.05) is 0 Å². The Balaban J connectivity index is 1.71. The molecule has 0 bridgehead atoms. The van der Waals surface area contributed by atoms with Gasteiger partial charge in [0, 0.05) is 12.5 Å². The molecule has 14 heteroatoms. The van der Waals surface area contributed by atoms with Crippen LogP contribution in [0.25, 0.3) is 11.4 Å². The summed E-state index contributed by atoms with van der Waals surface area (Å²) in [6.07, 6.45) is -3.82. The van der Waals surface area contributed by atoms with Gasteiger partial charge in [-0.1, -0.05) is 10.3 Å². The standard InChI is InChI=1S/C13H8F2N4O7S/c1-5-9(10(16)17-24-5)26-27(21)19-11(18-25-12(19)20)6-2-3-7-8(4-6)23-13(14,15)22-7/h2-4H,1H3,(H2,16,17). The summed E-state index contributed by atoms with van der Waals surface area (Å²) < 4.78 is 62.3. The van der Waals surface area contributed by atoms with Crippen molar-refractivity contribution < 1.29 is 35.7 Å². The van der Waals surface area contributed by atoms with Crippen LogP contribution in [0, 0.1) is 6.92 Å². The first-order valence-corrected chi connectivity index (χ1v) is 8.09. The lowest BCUT2D eigenvalue weighted by molar-refractivity contribution is -0.286. The quantitative estimate of drug-likeness (QED) is 0.676. The van der Waals surface area contributed by atoms with Gasteiger partial charge in [-0.05, 0) is 18.2 Å². The van der Waals surface area contributed by atoms with E-state index >= 15 is 0 Å². The molecule has 3 aromatic rings. The molecule has 0 spiro atoms. The Morgan fingerprint density at radius 3 is 2.67 bits per heavy atom. The molecule has 1 atom stereocenters. The van der Waals surface area contributed by atoms with E-state index < -0.39 is 23.3 Å². The minimum atomic E-state index is -3.82. The number of rotatable bonds is 4. The highest BCUT2D eigenvalue weighted by Crippen LogP contribution is 2.42. The summed E-state index contributed by atoms with van der Waals surface area (Å²) in [5.41, 5.74) is 5.60. The zero-order chi connectivity index (χ0) is 19.3. The van der Waals surface area contributed by atoms with Crippen LogP contribution in [-0.2, 0) is 11.3 Å². The van der Waals surface area contributed by atoms with Gasteiger partial charge in [-0.3, -0.25) is 4.52 Å². The molecule has 0 saturated heterocycles. The van der Waals surface area contributed by atoms with Gasteiger partial charge in [0.15, 0.2) is 17.3 Å². The van der Waals surface area contributed by atoms with Crippen molar-refractivity contribution >= 4 is 17.1 Å². The summed E-state index contributed by atoms with van der Waals surface area (Å²) in [5.74, 6) is -2.12. The summed E-state index contributed by atoms with van der Waals surface area (Å²) >= 11 is -2.49. The second-order valence-electron chi connectivity index (χ2n) is 5.15. The second kappa shape index (κ2) is 5.80. The van der Waals surface area contributed by atoms with Gasteiger partial charge in [-0.15, -0.1) is 12.8 Å². The van der Waals surface area contributed by atoms with Crippen LogP contribution < -0.4 is 25.1 Å². The molecule has 2 aromatic heterocycles. The van der Waals surface area contributed by atoms with Gasteiger partial charge in [0.2, 0.25) is 17.4 Å². The number of hydrogen-bond donors (Lipinski definition) is 1. The molecular weight excluding hydrogens is 394 g/mol. The molecule has 2 N–H and O–H groups in total. The van der Waals surface area contributed by atoms with Crippen molar-refractivity contribution in [2.24, 2.45) is 0 Å². The average molecular weight is 402 g/mol. The van der Waals surface area contributed by atoms with Gasteiger partial charge in [0.25, 0.3) is 0 Å². The Kier molecular flexibility index (Phi) is 3.66. The fourth-order valence-corrected chi connectivity index (χ4v) is 3.08. The summed E-state index contributed by atoms with van der Waals surface area (Å²) in [7, 11) is 0. The van der Waals surface area contributed by atoms with Crippen molar-refractivity contribution in [3.8, 4) is 28.6 Å². The number of ether oxygens (including phenoxy) is 2. The third-order valence-electron chi connectivity index (χ3n) is 3.36. The maximum atomic E-state index is 13.1. The molecule has 1 aliphatic rings. The van der Waals surface area contributed by atoms with Crippen LogP contribution in [0.5, 0.6) is 17.2 Å². The summed E-state index contributed by atoms with van der Waals surface area (Å²) in [6.45, 7) is 1.45. The fourth-order valence-electron chi connectivity index (χ4n) is 2.22. The lowest BCUT2D eigenvalue weighted by Gasteiger charge is -2.05. The molecule has 0 saturated carbocycles. The molecule has 0 amide bonds. The highest BCUT2D eigenvalue weighted by molar-refractivity contribution is 7.79. The van der Waals surface area contributed by atoms with Crippen LogP contribution in [0.15, 0.2) is 32.0 Å². The van der Waals surface area contributed by atoms with Gasteiger partial charge >= 0.3 is 23.3 Å². The number of nitrogens with zero attached hydrogens (tertiary/aromatic N) is 3. The van der Waals surface area contributed by atoms with Crippen LogP contribution >= 0.6 is 0 Å². The van der Waals surface area contributed by atoms with E-state index in [0.29, 0.717) is 3.97 Å². The van der Waals surface area contributed by atoms with E-state index in [1.165, 1.54) is 19.1 Å². The summed E-state index contributed by atoms with van der Waals surface area (Å²) in [6, 6.07) is 3.56. The SMILES string of the molecule is Cc1onc(N)c1OS(=O)n1c(-c2ccc3c(c2)OC(F)(F)O3)noc1=O. The van der Waals surface area contributed by atoms with Crippen molar-refractivity contribution in [2.75, 3.05) is 5.73 Å². The lowest BCUT2D eigenvalue weighted by atomic mass is 10.2. The molecule has 11 nitrogen and oxygen atoms in total. The number of alkyl halides is 2. The van der Waals surface area contributed by atoms with Gasteiger partial charge in [0.05, 0.1) is 0 Å². The molecular formula is C13H8F2N4O7S. The van der Waals surface area contributed by atoms with Crippen molar-refractivity contribution in [3.63, 3.8) is 0 Å². The predicted molar refractivity (Wildman–Crippen MR) is 82.2 cm³/mol. The van der Waals surface area contributed by atoms with E-state index in [2.05, 4.69) is 24.3 Å². The van der Waals surface area contributed by atoms with Crippen molar-refractivity contribution in [2.45, 2.75) is 13.2 Å². The second-order valence-corrected chi connectivity index (χ2v) is 6.12. The minimum absolute atomic E-state index is 0.0767. The van der Waals surface area contributed by atoms with Crippen molar-refractivity contribution in [1.29, 1.82) is 0 Å². The highest BCUT2D eigenvalue weighted by atomic mass is 32.2. The average Bonchev–Trinajstić information content (AvgIpc) is 3.23. The van der Waals surface area contributed by atoms with E-state index in [0.717, 1.165) is 6.07 Å². The van der Waals surface area contributed by atoms with E-state index in [9.17, 15) is 17.8 Å². The molecule has 3 heterocycles. The molecule has 1 aromatic carbocycles.